The molecule has 0 amide bonds. The van der Waals surface area contributed by atoms with E-state index in [-0.39, 0.29) is 271 Å². The minimum absolute atomic E-state index is 0. The summed E-state index contributed by atoms with van der Waals surface area (Å²) in [4.78, 5) is 201. The zero-order chi connectivity index (χ0) is 85.9. The Bertz CT molecular complexity index is 1350. The fraction of sp³-hybridized carbons (Fsp3) is 0. The summed E-state index contributed by atoms with van der Waals surface area (Å²) in [6.45, 7) is 0. The van der Waals surface area contributed by atoms with Crippen LogP contribution in [-0.4, -0.2) is 247 Å². The van der Waals surface area contributed by atoms with Gasteiger partial charge in [0.2, 0.25) is 0 Å². The van der Waals surface area contributed by atoms with Gasteiger partial charge in [0.25, 0.3) is 122 Å². The summed E-state index contributed by atoms with van der Waals surface area (Å²) in [5, 5.41) is 327. The van der Waals surface area contributed by atoms with Crippen molar-refractivity contribution in [3.05, 3.63) is 243 Å². The Morgan fingerprint density at radius 3 is 0.0643 bits per heavy atom. The molecule has 0 aliphatic rings. The third-order valence-electron chi connectivity index (χ3n) is 0. The fourth-order valence-electron chi connectivity index (χ4n) is 0. The van der Waals surface area contributed by atoms with E-state index < -0.39 is 122 Å². The Hall–Kier alpha value is -21.0. The molecule has 0 unspecified atom stereocenters. The van der Waals surface area contributed by atoms with Crippen LogP contribution in [0.1, 0.15) is 0 Å². The van der Waals surface area contributed by atoms with Gasteiger partial charge in [0.05, 0.1) is 0 Å². The van der Waals surface area contributed by atoms with Crippen molar-refractivity contribution in [2.45, 2.75) is 0 Å². The molecular formula is H156N68O72. The van der Waals surface area contributed by atoms with Gasteiger partial charge in [-0.2, -0.15) is 0 Å². The van der Waals surface area contributed by atoms with E-state index in [1.54, 1.807) is 0 Å². The van der Waals surface area contributed by atoms with E-state index in [0.717, 1.165) is 0 Å². The van der Waals surface area contributed by atoms with Gasteiger partial charge < -0.3 is 396 Å². The molecule has 0 spiro atoms. The van der Waals surface area contributed by atoms with Crippen LogP contribution in [0.5, 0.6) is 0 Å². The highest BCUT2D eigenvalue weighted by Crippen LogP contribution is 1.47. The van der Waals surface area contributed by atoms with Gasteiger partial charge in [0, 0.05) is 0 Å². The molecule has 0 aromatic heterocycles. The molecule has 0 rings (SSSR count). The normalized spacial score (nSPS) is 4.11. The summed E-state index contributed by atoms with van der Waals surface area (Å²) < 4.78 is 0. The molecule has 928 valence electrons. The van der Waals surface area contributed by atoms with Crippen molar-refractivity contribution in [2.75, 3.05) is 0 Å². The maximum Gasteiger partial charge on any atom is 0.291 e. The zero-order valence-electron chi connectivity index (χ0n) is 72.2. The second-order valence-electron chi connectivity index (χ2n) is 5.71. The van der Waals surface area contributed by atoms with Crippen LogP contribution in [0.4, 0.5) is 0 Å². The van der Waals surface area contributed by atoms with Crippen LogP contribution in [0.15, 0.2) is 0 Å². The first kappa shape index (κ1) is 637. The van der Waals surface area contributed by atoms with E-state index in [9.17, 15) is 0 Å². The lowest BCUT2D eigenvalue weighted by Gasteiger charge is -1.56. The fourth-order valence-corrected chi connectivity index (χ4v) is 0. The lowest BCUT2D eigenvalue weighted by atomic mass is 13.1. The van der Waals surface area contributed by atoms with Gasteiger partial charge in [-0.25, -0.2) is 0 Å². The second-order valence-corrected chi connectivity index (χ2v) is 5.71. The lowest BCUT2D eigenvalue weighted by Crippen LogP contribution is -1.81. The van der Waals surface area contributed by atoms with Crippen molar-refractivity contribution in [3.8, 4) is 0 Å². The molecule has 140 heavy (non-hydrogen) atoms. The predicted octanol–water partition coefficient (Wildman–Crippen LogP) is -1.22. The van der Waals surface area contributed by atoms with E-state index in [1.165, 1.54) is 0 Å². The Labute approximate surface area is 761 Å². The predicted molar refractivity (Wildman–Crippen MR) is 432 cm³/mol. The molecule has 140 nitrogen and oxygen atoms in total. The molecule has 156 N–H and O–H groups in total. The largest absolute Gasteiger partial charge is 0.344 e. The molecule has 140 heteroatoms. The quantitative estimate of drug-likeness (QED) is 0.0999. The third kappa shape index (κ3) is 3590. The van der Waals surface area contributed by atoms with E-state index in [1.807, 2.05) is 0 Å². The van der Waals surface area contributed by atoms with Crippen LogP contribution in [0.3, 0.4) is 0 Å². The second kappa shape index (κ2) is 621. The molecule has 0 fully saturated rings. The molecule has 0 bridgehead atoms. The maximum absolute atomic E-state index is 8.36. The molecule has 0 aliphatic carbocycles. The first-order chi connectivity index (χ1) is 41.6. The summed E-state index contributed by atoms with van der Waals surface area (Å²) in [7, 11) is 0. The van der Waals surface area contributed by atoms with Crippen molar-refractivity contribution in [3.63, 3.8) is 0 Å². The monoisotopic (exact) mass is 2260 g/mol. The van der Waals surface area contributed by atoms with E-state index in [2.05, 4.69) is 0 Å². The van der Waals surface area contributed by atoms with E-state index in [0.29, 0.717) is 0 Å². The molecule has 0 heterocycles. The Kier molecular flexibility index (Phi) is 2820. The highest BCUT2D eigenvalue weighted by Gasteiger charge is 1.73. The van der Waals surface area contributed by atoms with Crippen LogP contribution in [-0.2, 0) is 0 Å². The summed E-state index contributed by atoms with van der Waals surface area (Å²) in [5.41, 5.74) is 0. The number of nitrogens with zero attached hydrogens (tertiary/aromatic N) is 24. The standard InChI is InChI=1S/24HNO3.44H3N/c24*2-1(3)4;;;;;;;;;;;;;;;;;;;;;;;;;;;;;;;;;;;;;;;;;;;;/h24*(H,2,3,4);44*1H3. The van der Waals surface area contributed by atoms with Crippen LogP contribution in [0.2, 0.25) is 0 Å². The summed E-state index contributed by atoms with van der Waals surface area (Å²) in [6, 6.07) is 0. The van der Waals surface area contributed by atoms with Gasteiger partial charge in [-0.05, 0) is 0 Å². The van der Waals surface area contributed by atoms with Crippen LogP contribution in [0, 0.1) is 243 Å². The third-order valence-corrected chi connectivity index (χ3v) is 0. The van der Waals surface area contributed by atoms with Gasteiger partial charge >= 0.3 is 0 Å². The number of hydrogen-bond donors (Lipinski definition) is 68. The first-order valence-electron chi connectivity index (χ1n) is 13.6. The van der Waals surface area contributed by atoms with Gasteiger partial charge in [0.1, 0.15) is 0 Å². The molecule has 0 radical (unpaired) electrons. The van der Waals surface area contributed by atoms with Crippen molar-refractivity contribution < 1.29 is 247 Å². The molecule has 0 atom stereocenters. The Morgan fingerprint density at radius 1 is 0.0643 bits per heavy atom. The maximum atomic E-state index is 8.36. The minimum atomic E-state index is -1.50. The summed E-state index contributed by atoms with van der Waals surface area (Å²) in [5.74, 6) is 0. The van der Waals surface area contributed by atoms with Crippen molar-refractivity contribution in [2.24, 2.45) is 0 Å². The summed E-state index contributed by atoms with van der Waals surface area (Å²) in [6.07, 6.45) is 0. The highest BCUT2D eigenvalue weighted by molar-refractivity contribution is 3.91. The first-order valence-corrected chi connectivity index (χ1v) is 13.6. The molecule has 0 aromatic carbocycles. The number of hydrogen-bond acceptors (Lipinski definition) is 92. The summed E-state index contributed by atoms with van der Waals surface area (Å²) >= 11 is 0. The number of rotatable bonds is 0. The van der Waals surface area contributed by atoms with Gasteiger partial charge in [0.15, 0.2) is 0 Å². The van der Waals surface area contributed by atoms with Crippen molar-refractivity contribution in [1.29, 1.82) is 0 Å². The van der Waals surface area contributed by atoms with Crippen molar-refractivity contribution >= 4 is 0 Å². The molecule has 0 aromatic rings. The zero-order valence-corrected chi connectivity index (χ0v) is 72.2. The van der Waals surface area contributed by atoms with Gasteiger partial charge in [-0.15, -0.1) is 243 Å². The Balaban J connectivity index is -0.00000000578. The molecular weight excluding hydrogens is 2100 g/mol. The Morgan fingerprint density at radius 2 is 0.0643 bits per heavy atom. The highest BCUT2D eigenvalue weighted by atomic mass is 17.0. The molecule has 0 saturated carbocycles. The smallest absolute Gasteiger partial charge is 0.291 e. The average molecular weight is 2260 g/mol. The van der Waals surface area contributed by atoms with Gasteiger partial charge in [-0.3, -0.25) is 0 Å². The van der Waals surface area contributed by atoms with E-state index in [4.69, 9.17) is 368 Å². The minimum Gasteiger partial charge on any atom is -0.344 e. The molecule has 0 saturated heterocycles. The van der Waals surface area contributed by atoms with E-state index >= 15 is 0 Å². The average Bonchev–Trinajstić information content (AvgIpc) is 3.12. The topological polar surface area (TPSA) is 3060 Å². The van der Waals surface area contributed by atoms with Crippen LogP contribution >= 0.6 is 0 Å². The lowest BCUT2D eigenvalue weighted by molar-refractivity contribution is -0.742. The molecule has 0 aliphatic heterocycles. The SMILES string of the molecule is N.N.N.N.N.N.N.N.N.N.N.N.N.N.N.N.N.N.N.N.N.N.N.N.N.N.N.N.N.N.N.N.N.N.N.N.N.N.N.N.N.N.N.N.O=[N+]([O-])O.O=[N+]([O-])O.O=[N+]([O-])O.O=[N+]([O-])O.O=[N+]([O-])O.O=[N+]([O-])O.O=[N+]([O-])O.O=[N+]([O-])O.O=[N+]([O-])O.O=[N+]([O-])O.O=[N+]([O-])O.O=[N+]([O-])O.O=[N+]([O-])O.O=[N+]([O-])O.O=[N+]([O-])O.O=[N+]([O-])O.O=[N+]([O-])O.O=[N+]([O-])O.O=[N+]([O-])O.O=[N+]([O-])O.O=[N+]([O-])O.O=[N+]([O-])O.O=[N+]([O-])O.O=[N+]([O-])O. The van der Waals surface area contributed by atoms with Crippen molar-refractivity contribution in [1.82, 2.24) is 271 Å². The van der Waals surface area contributed by atoms with Crippen LogP contribution < -0.4 is 271 Å². The van der Waals surface area contributed by atoms with Crippen LogP contribution in [0.25, 0.3) is 0 Å². The van der Waals surface area contributed by atoms with Gasteiger partial charge in [-0.1, -0.05) is 0 Å².